The molecule has 0 bridgehead atoms. The van der Waals surface area contributed by atoms with Gasteiger partial charge in [-0.25, -0.2) is 24.1 Å². The van der Waals surface area contributed by atoms with Gasteiger partial charge < -0.3 is 15.2 Å². The fourth-order valence-electron chi connectivity index (χ4n) is 3.13. The maximum Gasteiger partial charge on any atom is 0.416 e. The summed E-state index contributed by atoms with van der Waals surface area (Å²) in [5, 5.41) is 15.8. The third-order valence-corrected chi connectivity index (χ3v) is 6.35. The molecular formula is C20H19BrFN5O3S. The maximum atomic E-state index is 14.4. The lowest BCUT2D eigenvalue weighted by Crippen LogP contribution is -2.42. The van der Waals surface area contributed by atoms with E-state index in [1.54, 1.807) is 0 Å². The predicted molar refractivity (Wildman–Crippen MR) is 119 cm³/mol. The number of nitrogens with one attached hydrogen (secondary N) is 1. The summed E-state index contributed by atoms with van der Waals surface area (Å²) >= 11 is 4.90. The lowest BCUT2D eigenvalue weighted by Gasteiger charge is -2.23. The van der Waals surface area contributed by atoms with E-state index in [0.717, 1.165) is 31.8 Å². The molecule has 11 heteroatoms. The topological polar surface area (TPSA) is 100 Å². The number of aliphatic hydroxyl groups excluding tert-OH is 1. The first-order chi connectivity index (χ1) is 14.8. The normalized spacial score (nSPS) is 18.0. The summed E-state index contributed by atoms with van der Waals surface area (Å²) < 4.78 is 20.4. The first-order valence-corrected chi connectivity index (χ1v) is 11.1. The lowest BCUT2D eigenvalue weighted by atomic mass is 10.2. The number of hydrogen-bond donors (Lipinski definition) is 2. The van der Waals surface area contributed by atoms with Crippen molar-refractivity contribution in [1.82, 2.24) is 15.0 Å². The minimum Gasteiger partial charge on any atom is -0.447 e. The van der Waals surface area contributed by atoms with Crippen molar-refractivity contribution in [2.75, 3.05) is 16.8 Å². The molecule has 0 radical (unpaired) electrons. The van der Waals surface area contributed by atoms with Crippen LogP contribution in [0.15, 0.2) is 40.3 Å². The monoisotopic (exact) mass is 507 g/mol. The molecule has 2 N–H and O–H groups in total. The van der Waals surface area contributed by atoms with E-state index in [-0.39, 0.29) is 24.4 Å². The molecule has 2 aromatic heterocycles. The molecule has 8 nitrogen and oxygen atoms in total. The van der Waals surface area contributed by atoms with Crippen molar-refractivity contribution >= 4 is 45.1 Å². The van der Waals surface area contributed by atoms with Gasteiger partial charge in [-0.15, -0.1) is 11.3 Å². The summed E-state index contributed by atoms with van der Waals surface area (Å²) in [4.78, 5) is 25.9. The summed E-state index contributed by atoms with van der Waals surface area (Å²) in [6.07, 6.45) is -0.693. The Morgan fingerprint density at radius 2 is 2.06 bits per heavy atom. The minimum absolute atomic E-state index is 0.0446. The number of halogens is 2. The highest BCUT2D eigenvalue weighted by molar-refractivity contribution is 9.10. The maximum absolute atomic E-state index is 14.4. The van der Waals surface area contributed by atoms with Gasteiger partial charge in [0, 0.05) is 15.4 Å². The van der Waals surface area contributed by atoms with Gasteiger partial charge in [-0.3, -0.25) is 0 Å². The molecule has 162 valence electrons. The Balaban J connectivity index is 1.54. The Kier molecular flexibility index (Phi) is 6.17. The van der Waals surface area contributed by atoms with Gasteiger partial charge in [0.25, 0.3) is 0 Å². The van der Waals surface area contributed by atoms with Gasteiger partial charge in [0.15, 0.2) is 11.6 Å². The van der Waals surface area contributed by atoms with Crippen molar-refractivity contribution in [3.05, 3.63) is 51.1 Å². The molecule has 31 heavy (non-hydrogen) atoms. The summed E-state index contributed by atoms with van der Waals surface area (Å²) in [7, 11) is 0. The zero-order valence-electron chi connectivity index (χ0n) is 16.6. The third kappa shape index (κ3) is 4.53. The average Bonchev–Trinajstić information content (AvgIpc) is 3.37. The molecule has 3 atom stereocenters. The summed E-state index contributed by atoms with van der Waals surface area (Å²) in [6, 6.07) is 6.87. The second-order valence-corrected chi connectivity index (χ2v) is 8.87. The Bertz CT molecular complexity index is 1090. The molecule has 3 aromatic rings. The van der Waals surface area contributed by atoms with E-state index in [9.17, 15) is 14.3 Å². The van der Waals surface area contributed by atoms with Gasteiger partial charge >= 0.3 is 6.09 Å². The van der Waals surface area contributed by atoms with E-state index < -0.39 is 24.1 Å². The van der Waals surface area contributed by atoms with E-state index in [1.807, 2.05) is 36.6 Å². The zero-order valence-corrected chi connectivity index (χ0v) is 19.0. The van der Waals surface area contributed by atoms with Gasteiger partial charge in [0.1, 0.15) is 17.7 Å². The van der Waals surface area contributed by atoms with Crippen molar-refractivity contribution in [1.29, 1.82) is 0 Å². The Morgan fingerprint density at radius 1 is 1.32 bits per heavy atom. The third-order valence-electron chi connectivity index (χ3n) is 4.79. The number of thiazole rings is 1. The molecule has 1 amide bonds. The van der Waals surface area contributed by atoms with E-state index in [0.29, 0.717) is 0 Å². The molecule has 1 aliphatic heterocycles. The number of ether oxygens (including phenoxy) is 1. The number of aliphatic hydroxyl groups is 1. The molecule has 4 rings (SSSR count). The summed E-state index contributed by atoms with van der Waals surface area (Å²) in [5.74, 6) is -0.893. The summed E-state index contributed by atoms with van der Waals surface area (Å²) in [6.45, 7) is 3.35. The highest BCUT2D eigenvalue weighted by Gasteiger charge is 2.39. The number of nitrogens with zero attached hydrogens (tertiary/aromatic N) is 4. The summed E-state index contributed by atoms with van der Waals surface area (Å²) in [5.41, 5.74) is 1.84. The van der Waals surface area contributed by atoms with Gasteiger partial charge in [-0.05, 0) is 26.0 Å². The van der Waals surface area contributed by atoms with E-state index in [4.69, 9.17) is 4.74 Å². The van der Waals surface area contributed by atoms with Crippen molar-refractivity contribution in [2.24, 2.45) is 0 Å². The molecule has 1 saturated heterocycles. The van der Waals surface area contributed by atoms with Crippen LogP contribution in [-0.2, 0) is 4.74 Å². The Labute approximate surface area is 190 Å². The molecule has 1 unspecified atom stereocenters. The van der Waals surface area contributed by atoms with Crippen LogP contribution in [0, 0.1) is 5.82 Å². The SMILES string of the molecule is C[C@@H](Nc1ncc(F)c(N2C(=O)OCC2[C@@H](C)O)n1)c1nc(-c2ccc(Br)cc2)cs1. The van der Waals surface area contributed by atoms with Crippen molar-refractivity contribution in [2.45, 2.75) is 32.0 Å². The van der Waals surface area contributed by atoms with E-state index >= 15 is 0 Å². The van der Waals surface area contributed by atoms with Gasteiger partial charge in [-0.2, -0.15) is 4.98 Å². The fourth-order valence-corrected chi connectivity index (χ4v) is 4.23. The van der Waals surface area contributed by atoms with Crippen molar-refractivity contribution in [3.63, 3.8) is 0 Å². The van der Waals surface area contributed by atoms with Crippen LogP contribution in [0.5, 0.6) is 0 Å². The van der Waals surface area contributed by atoms with Gasteiger partial charge in [-0.1, -0.05) is 28.1 Å². The largest absolute Gasteiger partial charge is 0.447 e. The highest BCUT2D eigenvalue weighted by Crippen LogP contribution is 2.30. The number of rotatable bonds is 6. The van der Waals surface area contributed by atoms with E-state index in [2.05, 4.69) is 36.2 Å². The smallest absolute Gasteiger partial charge is 0.416 e. The minimum atomic E-state index is -0.913. The number of anilines is 2. The average molecular weight is 508 g/mol. The molecule has 0 saturated carbocycles. The highest BCUT2D eigenvalue weighted by atomic mass is 79.9. The lowest BCUT2D eigenvalue weighted by molar-refractivity contribution is 0.142. The Morgan fingerprint density at radius 3 is 2.77 bits per heavy atom. The second-order valence-electron chi connectivity index (χ2n) is 7.06. The van der Waals surface area contributed by atoms with Crippen LogP contribution in [0.1, 0.15) is 24.9 Å². The molecule has 3 heterocycles. The van der Waals surface area contributed by atoms with Crippen LogP contribution in [0.4, 0.5) is 21.0 Å². The van der Waals surface area contributed by atoms with Crippen LogP contribution in [0.3, 0.4) is 0 Å². The van der Waals surface area contributed by atoms with Crippen LogP contribution in [0.25, 0.3) is 11.3 Å². The van der Waals surface area contributed by atoms with Crippen molar-refractivity contribution < 1.29 is 19.0 Å². The number of carbonyl (C=O) groups excluding carboxylic acids is 1. The number of hydrogen-bond acceptors (Lipinski definition) is 8. The van der Waals surface area contributed by atoms with Crippen LogP contribution >= 0.6 is 27.3 Å². The number of cyclic esters (lactones) is 1. The molecule has 0 spiro atoms. The number of amides is 1. The number of aromatic nitrogens is 3. The van der Waals surface area contributed by atoms with E-state index in [1.165, 1.54) is 18.3 Å². The predicted octanol–water partition coefficient (Wildman–Crippen LogP) is 4.38. The molecule has 1 aromatic carbocycles. The molecule has 1 fully saturated rings. The fraction of sp³-hybridized carbons (Fsp3) is 0.300. The number of carbonyl (C=O) groups is 1. The Hall–Kier alpha value is -2.63. The molecule has 0 aliphatic carbocycles. The first kappa shape index (κ1) is 21.6. The number of benzene rings is 1. The van der Waals surface area contributed by atoms with Crippen molar-refractivity contribution in [3.8, 4) is 11.3 Å². The molecular weight excluding hydrogens is 489 g/mol. The van der Waals surface area contributed by atoms with Crippen LogP contribution in [-0.4, -0.2) is 44.9 Å². The quantitative estimate of drug-likeness (QED) is 0.510. The second kappa shape index (κ2) is 8.85. The zero-order chi connectivity index (χ0) is 22.1. The van der Waals surface area contributed by atoms with Crippen LogP contribution < -0.4 is 10.2 Å². The van der Waals surface area contributed by atoms with Gasteiger partial charge in [0.05, 0.1) is 24.0 Å². The molecule has 1 aliphatic rings. The standard InChI is InChI=1S/C20H19BrFN5O3S/c1-10(18-25-15(9-31-18)12-3-5-13(21)6-4-12)24-19-23-7-14(22)17(26-19)27-16(11(2)28)8-30-20(27)29/h3-7,9-11,16,28H,8H2,1-2H3,(H,23,24,26)/t10-,11-,16?/m1/s1. The first-order valence-electron chi connectivity index (χ1n) is 9.48. The van der Waals surface area contributed by atoms with Crippen LogP contribution in [0.2, 0.25) is 0 Å². The van der Waals surface area contributed by atoms with Gasteiger partial charge in [0.2, 0.25) is 5.95 Å².